The number of carbonyl (C=O) groups is 2. The van der Waals surface area contributed by atoms with Gasteiger partial charge in [0.2, 0.25) is 5.91 Å². The molecule has 0 radical (unpaired) electrons. The topological polar surface area (TPSA) is 84.9 Å². The Balaban J connectivity index is 4.12. The van der Waals surface area contributed by atoms with Gasteiger partial charge in [-0.15, -0.1) is 0 Å². The van der Waals surface area contributed by atoms with Crippen LogP contribution in [0.1, 0.15) is 34.1 Å². The predicted molar refractivity (Wildman–Crippen MR) is 70.9 cm³/mol. The van der Waals surface area contributed by atoms with Crippen molar-refractivity contribution in [1.29, 1.82) is 0 Å². The first-order valence-corrected chi connectivity index (χ1v) is 6.61. The van der Waals surface area contributed by atoms with E-state index in [1.807, 2.05) is 20.8 Å². The lowest BCUT2D eigenvalue weighted by Crippen LogP contribution is -2.46. The van der Waals surface area contributed by atoms with Gasteiger partial charge in [0.25, 0.3) is 0 Å². The van der Waals surface area contributed by atoms with Crippen molar-refractivity contribution >= 4 is 11.9 Å². The van der Waals surface area contributed by atoms with Crippen LogP contribution in [0.2, 0.25) is 0 Å². The molecule has 112 valence electrons. The van der Waals surface area contributed by atoms with Crippen molar-refractivity contribution in [2.75, 3.05) is 19.8 Å². The van der Waals surface area contributed by atoms with Crippen LogP contribution in [0.25, 0.3) is 0 Å². The lowest BCUT2D eigenvalue weighted by atomic mass is 10.0. The van der Waals surface area contributed by atoms with Gasteiger partial charge in [0.1, 0.15) is 12.1 Å². The van der Waals surface area contributed by atoms with Crippen LogP contribution in [0, 0.1) is 5.92 Å². The molecule has 6 heteroatoms. The molecule has 0 fully saturated rings. The number of aliphatic carboxylic acids is 1. The lowest BCUT2D eigenvalue weighted by Gasteiger charge is -2.19. The van der Waals surface area contributed by atoms with Gasteiger partial charge in [-0.3, -0.25) is 4.79 Å². The van der Waals surface area contributed by atoms with E-state index in [0.29, 0.717) is 26.2 Å². The standard InChI is InChI=1S/C13H25NO5/c1-5-18-6-7-19-10(4)12(15)14-11(13(16)17)8-9(2)3/h9-11H,5-8H2,1-4H3,(H,14,15)(H,16,17)/t10?,11-/m1/s1. The van der Waals surface area contributed by atoms with E-state index in [1.165, 1.54) is 0 Å². The number of hydrogen-bond acceptors (Lipinski definition) is 4. The second-order valence-electron chi connectivity index (χ2n) is 4.74. The Morgan fingerprint density at radius 2 is 1.84 bits per heavy atom. The molecule has 0 saturated carbocycles. The van der Waals surface area contributed by atoms with Crippen molar-refractivity contribution in [3.8, 4) is 0 Å². The summed E-state index contributed by atoms with van der Waals surface area (Å²) in [5, 5.41) is 11.5. The molecule has 0 aliphatic carbocycles. The van der Waals surface area contributed by atoms with Crippen LogP contribution < -0.4 is 5.32 Å². The van der Waals surface area contributed by atoms with E-state index >= 15 is 0 Å². The van der Waals surface area contributed by atoms with E-state index in [-0.39, 0.29) is 5.92 Å². The van der Waals surface area contributed by atoms with Crippen molar-refractivity contribution in [3.05, 3.63) is 0 Å². The first kappa shape index (κ1) is 17.9. The smallest absolute Gasteiger partial charge is 0.326 e. The molecule has 0 bridgehead atoms. The van der Waals surface area contributed by atoms with Crippen LogP contribution >= 0.6 is 0 Å². The van der Waals surface area contributed by atoms with Gasteiger partial charge in [-0.1, -0.05) is 13.8 Å². The fraction of sp³-hybridized carbons (Fsp3) is 0.846. The Bertz CT molecular complexity index is 280. The molecule has 2 N–H and O–H groups in total. The van der Waals surface area contributed by atoms with Gasteiger partial charge in [0.05, 0.1) is 13.2 Å². The van der Waals surface area contributed by atoms with Crippen LogP contribution in [-0.2, 0) is 19.1 Å². The van der Waals surface area contributed by atoms with Crippen molar-refractivity contribution < 1.29 is 24.2 Å². The second kappa shape index (κ2) is 9.75. The quantitative estimate of drug-likeness (QED) is 0.582. The predicted octanol–water partition coefficient (Wildman–Crippen LogP) is 1.04. The SMILES string of the molecule is CCOCCOC(C)C(=O)N[C@H](CC(C)C)C(=O)O. The van der Waals surface area contributed by atoms with E-state index in [1.54, 1.807) is 6.92 Å². The molecular formula is C13H25NO5. The maximum Gasteiger partial charge on any atom is 0.326 e. The summed E-state index contributed by atoms with van der Waals surface area (Å²) in [5.41, 5.74) is 0. The van der Waals surface area contributed by atoms with Crippen LogP contribution in [0.4, 0.5) is 0 Å². The third kappa shape index (κ3) is 8.56. The summed E-state index contributed by atoms with van der Waals surface area (Å²) < 4.78 is 10.3. The van der Waals surface area contributed by atoms with Crippen molar-refractivity contribution in [2.45, 2.75) is 46.3 Å². The van der Waals surface area contributed by atoms with Crippen LogP contribution in [0.3, 0.4) is 0 Å². The van der Waals surface area contributed by atoms with E-state index < -0.39 is 24.0 Å². The van der Waals surface area contributed by atoms with Gasteiger partial charge in [-0.2, -0.15) is 0 Å². The Hall–Kier alpha value is -1.14. The summed E-state index contributed by atoms with van der Waals surface area (Å²) >= 11 is 0. The van der Waals surface area contributed by atoms with Crippen LogP contribution in [-0.4, -0.2) is 48.9 Å². The minimum atomic E-state index is -1.02. The maximum atomic E-state index is 11.8. The summed E-state index contributed by atoms with van der Waals surface area (Å²) in [6.07, 6.45) is -0.290. The molecular weight excluding hydrogens is 250 g/mol. The zero-order valence-corrected chi connectivity index (χ0v) is 12.1. The van der Waals surface area contributed by atoms with Gasteiger partial charge in [0.15, 0.2) is 0 Å². The summed E-state index contributed by atoms with van der Waals surface area (Å²) in [5.74, 6) is -1.25. The fourth-order valence-corrected chi connectivity index (χ4v) is 1.49. The molecule has 0 rings (SSSR count). The van der Waals surface area contributed by atoms with Gasteiger partial charge in [-0.25, -0.2) is 4.79 Å². The number of ether oxygens (including phenoxy) is 2. The molecule has 0 aromatic carbocycles. The normalized spacial score (nSPS) is 14.2. The molecule has 6 nitrogen and oxygen atoms in total. The maximum absolute atomic E-state index is 11.8. The minimum Gasteiger partial charge on any atom is -0.480 e. The summed E-state index contributed by atoms with van der Waals surface area (Å²) in [4.78, 5) is 22.8. The number of rotatable bonds is 10. The number of nitrogens with one attached hydrogen (secondary N) is 1. The number of hydrogen-bond donors (Lipinski definition) is 2. The molecule has 0 spiro atoms. The van der Waals surface area contributed by atoms with Gasteiger partial charge in [-0.05, 0) is 26.2 Å². The summed E-state index contributed by atoms with van der Waals surface area (Å²) in [7, 11) is 0. The Labute approximate surface area is 114 Å². The highest BCUT2D eigenvalue weighted by Gasteiger charge is 2.23. The highest BCUT2D eigenvalue weighted by Crippen LogP contribution is 2.05. The van der Waals surface area contributed by atoms with E-state index in [4.69, 9.17) is 14.6 Å². The average molecular weight is 275 g/mol. The number of carboxylic acid groups (broad SMARTS) is 1. The zero-order chi connectivity index (χ0) is 14.8. The van der Waals surface area contributed by atoms with E-state index in [2.05, 4.69) is 5.32 Å². The molecule has 0 aromatic heterocycles. The summed E-state index contributed by atoms with van der Waals surface area (Å²) in [6.45, 7) is 8.61. The van der Waals surface area contributed by atoms with Gasteiger partial charge in [0, 0.05) is 6.61 Å². The van der Waals surface area contributed by atoms with Crippen LogP contribution in [0.5, 0.6) is 0 Å². The molecule has 2 atom stereocenters. The Kier molecular flexibility index (Phi) is 9.16. The second-order valence-corrected chi connectivity index (χ2v) is 4.74. The first-order chi connectivity index (χ1) is 8.88. The fourth-order valence-electron chi connectivity index (χ4n) is 1.49. The summed E-state index contributed by atoms with van der Waals surface area (Å²) in [6, 6.07) is -0.870. The lowest BCUT2D eigenvalue weighted by molar-refractivity contribution is -0.144. The molecule has 0 aliphatic heterocycles. The molecule has 0 saturated heterocycles. The van der Waals surface area contributed by atoms with Crippen molar-refractivity contribution in [2.24, 2.45) is 5.92 Å². The van der Waals surface area contributed by atoms with Crippen molar-refractivity contribution in [1.82, 2.24) is 5.32 Å². The molecule has 1 amide bonds. The number of amides is 1. The molecule has 0 heterocycles. The highest BCUT2D eigenvalue weighted by molar-refractivity contribution is 5.86. The Morgan fingerprint density at radius 1 is 1.21 bits per heavy atom. The molecule has 0 aromatic rings. The molecule has 0 aliphatic rings. The Morgan fingerprint density at radius 3 is 2.32 bits per heavy atom. The zero-order valence-electron chi connectivity index (χ0n) is 12.1. The van der Waals surface area contributed by atoms with Gasteiger partial charge < -0.3 is 19.9 Å². The monoisotopic (exact) mass is 275 g/mol. The van der Waals surface area contributed by atoms with E-state index in [0.717, 1.165) is 0 Å². The van der Waals surface area contributed by atoms with Crippen molar-refractivity contribution in [3.63, 3.8) is 0 Å². The number of carbonyl (C=O) groups excluding carboxylic acids is 1. The molecule has 19 heavy (non-hydrogen) atoms. The largest absolute Gasteiger partial charge is 0.480 e. The third-order valence-corrected chi connectivity index (χ3v) is 2.49. The van der Waals surface area contributed by atoms with E-state index in [9.17, 15) is 9.59 Å². The third-order valence-electron chi connectivity index (χ3n) is 2.49. The highest BCUT2D eigenvalue weighted by atomic mass is 16.5. The average Bonchev–Trinajstić information content (AvgIpc) is 2.32. The first-order valence-electron chi connectivity index (χ1n) is 6.61. The molecule has 1 unspecified atom stereocenters. The van der Waals surface area contributed by atoms with Gasteiger partial charge >= 0.3 is 5.97 Å². The van der Waals surface area contributed by atoms with Crippen LogP contribution in [0.15, 0.2) is 0 Å². The number of carboxylic acids is 1. The minimum absolute atomic E-state index is 0.190.